The summed E-state index contributed by atoms with van der Waals surface area (Å²) in [6.07, 6.45) is 0. The lowest BCUT2D eigenvalue weighted by atomic mass is 10.2. The van der Waals surface area contributed by atoms with E-state index in [0.717, 1.165) is 0 Å². The summed E-state index contributed by atoms with van der Waals surface area (Å²) in [5.74, 6) is 4.94. The molecule has 0 aliphatic heterocycles. The van der Waals surface area contributed by atoms with Gasteiger partial charge in [0, 0.05) is 5.69 Å². The Balaban J connectivity index is 3.28. The Morgan fingerprint density at radius 1 is 1.08 bits per heavy atom. The summed E-state index contributed by atoms with van der Waals surface area (Å²) in [7, 11) is 0. The summed E-state index contributed by atoms with van der Waals surface area (Å²) >= 11 is 0. The topological polar surface area (TPSA) is 130 Å². The number of nitrogen functional groups attached to an aromatic ring is 3. The van der Waals surface area contributed by atoms with Gasteiger partial charge in [0.2, 0.25) is 0 Å². The quantitative estimate of drug-likeness (QED) is 0.256. The Labute approximate surface area is 69.3 Å². The first-order chi connectivity index (χ1) is 5.52. The highest BCUT2D eigenvalue weighted by atomic mass is 16.5. The number of hydrogen-bond acceptors (Lipinski definition) is 6. The molecule has 8 N–H and O–H groups in total. The minimum absolute atomic E-state index is 0.0456. The van der Waals surface area contributed by atoms with E-state index in [4.69, 9.17) is 23.0 Å². The van der Waals surface area contributed by atoms with Crippen molar-refractivity contribution < 1.29 is 0 Å². The fourth-order valence-corrected chi connectivity index (χ4v) is 0.959. The molecule has 0 bridgehead atoms. The summed E-state index contributed by atoms with van der Waals surface area (Å²) in [5, 5.41) is 10.8. The van der Waals surface area contributed by atoms with E-state index in [9.17, 15) is 5.21 Å². The SMILES string of the molecule is Nc1cc(N)c(N(N)[O-])c(N)c1. The minimum Gasteiger partial charge on any atom is -0.743 e. The summed E-state index contributed by atoms with van der Waals surface area (Å²) in [6, 6.07) is 2.84. The molecule has 0 heterocycles. The van der Waals surface area contributed by atoms with E-state index in [1.165, 1.54) is 12.1 Å². The molecule has 6 heteroatoms. The number of nitrogens with zero attached hydrogens (tertiary/aromatic N) is 1. The van der Waals surface area contributed by atoms with Gasteiger partial charge in [-0.25, -0.2) is 0 Å². The molecule has 1 rings (SSSR count). The molecule has 0 aliphatic rings. The van der Waals surface area contributed by atoms with E-state index in [1.54, 1.807) is 0 Å². The van der Waals surface area contributed by atoms with Crippen molar-refractivity contribution in [1.29, 1.82) is 0 Å². The highest BCUT2D eigenvalue weighted by molar-refractivity contribution is 5.84. The minimum atomic E-state index is 0.0456. The number of anilines is 4. The van der Waals surface area contributed by atoms with Crippen LogP contribution in [0, 0.1) is 5.21 Å². The predicted molar refractivity (Wildman–Crippen MR) is 49.7 cm³/mol. The lowest BCUT2D eigenvalue weighted by Crippen LogP contribution is -2.25. The molecule has 6 nitrogen and oxygen atoms in total. The van der Waals surface area contributed by atoms with Crippen molar-refractivity contribution in [3.63, 3.8) is 0 Å². The smallest absolute Gasteiger partial charge is 0.0871 e. The third-order valence-electron chi connectivity index (χ3n) is 1.41. The van der Waals surface area contributed by atoms with E-state index < -0.39 is 0 Å². The average Bonchev–Trinajstić information content (AvgIpc) is 1.82. The molecule has 12 heavy (non-hydrogen) atoms. The number of nitrogens with two attached hydrogens (primary N) is 4. The van der Waals surface area contributed by atoms with Gasteiger partial charge in [0.15, 0.2) is 0 Å². The van der Waals surface area contributed by atoms with Gasteiger partial charge < -0.3 is 27.6 Å². The van der Waals surface area contributed by atoms with Gasteiger partial charge in [-0.1, -0.05) is 0 Å². The first-order valence-corrected chi connectivity index (χ1v) is 3.19. The number of rotatable bonds is 1. The van der Waals surface area contributed by atoms with Crippen LogP contribution in [0.15, 0.2) is 12.1 Å². The summed E-state index contributed by atoms with van der Waals surface area (Å²) in [5.41, 5.74) is 17.1. The maximum Gasteiger partial charge on any atom is 0.0871 e. The second-order valence-electron chi connectivity index (χ2n) is 2.37. The lowest BCUT2D eigenvalue weighted by molar-refractivity contribution is 1.09. The van der Waals surface area contributed by atoms with Gasteiger partial charge in [0.05, 0.1) is 17.1 Å². The van der Waals surface area contributed by atoms with Crippen molar-refractivity contribution in [2.45, 2.75) is 0 Å². The van der Waals surface area contributed by atoms with Crippen molar-refractivity contribution in [2.24, 2.45) is 5.84 Å². The monoisotopic (exact) mass is 168 g/mol. The van der Waals surface area contributed by atoms with Crippen molar-refractivity contribution in [2.75, 3.05) is 22.4 Å². The van der Waals surface area contributed by atoms with E-state index in [0.29, 0.717) is 5.69 Å². The number of hydrazine groups is 1. The van der Waals surface area contributed by atoms with Crippen LogP contribution in [-0.2, 0) is 0 Å². The lowest BCUT2D eigenvalue weighted by Gasteiger charge is -2.26. The zero-order valence-electron chi connectivity index (χ0n) is 6.32. The first kappa shape index (κ1) is 8.44. The molecule has 1 aromatic rings. The zero-order chi connectivity index (χ0) is 9.30. The first-order valence-electron chi connectivity index (χ1n) is 3.19. The van der Waals surface area contributed by atoms with Crippen molar-refractivity contribution in [3.05, 3.63) is 17.3 Å². The zero-order valence-corrected chi connectivity index (χ0v) is 6.32. The van der Waals surface area contributed by atoms with Crippen LogP contribution in [-0.4, -0.2) is 0 Å². The predicted octanol–water partition coefficient (Wildman–Crippen LogP) is -0.389. The van der Waals surface area contributed by atoms with E-state index in [-0.39, 0.29) is 22.2 Å². The Bertz CT molecular complexity index is 275. The fourth-order valence-electron chi connectivity index (χ4n) is 0.959. The number of hydrogen-bond donors (Lipinski definition) is 4. The highest BCUT2D eigenvalue weighted by Crippen LogP contribution is 2.30. The van der Waals surface area contributed by atoms with Crippen LogP contribution in [0.3, 0.4) is 0 Å². The van der Waals surface area contributed by atoms with E-state index in [2.05, 4.69) is 0 Å². The van der Waals surface area contributed by atoms with Crippen LogP contribution in [0.5, 0.6) is 0 Å². The highest BCUT2D eigenvalue weighted by Gasteiger charge is 2.04. The molecule has 66 valence electrons. The Morgan fingerprint density at radius 3 is 1.83 bits per heavy atom. The largest absolute Gasteiger partial charge is 0.743 e. The fraction of sp³-hybridized carbons (Fsp3) is 0. The Kier molecular flexibility index (Phi) is 1.94. The molecule has 0 amide bonds. The Hall–Kier alpha value is -1.66. The Morgan fingerprint density at radius 2 is 1.50 bits per heavy atom. The van der Waals surface area contributed by atoms with Crippen molar-refractivity contribution in [1.82, 2.24) is 0 Å². The molecule has 0 aliphatic carbocycles. The van der Waals surface area contributed by atoms with Crippen LogP contribution in [0.1, 0.15) is 0 Å². The standard InChI is InChI=1S/C6H10N5O/c7-3-1-4(8)6(11(10)12)5(9)2-3/h1-2H,7-10H2/q-1. The molecule has 0 radical (unpaired) electrons. The second kappa shape index (κ2) is 2.76. The molecule has 1 aromatic carbocycles. The van der Waals surface area contributed by atoms with Gasteiger partial charge in [0.25, 0.3) is 0 Å². The summed E-state index contributed by atoms with van der Waals surface area (Å²) in [4.78, 5) is 0. The van der Waals surface area contributed by atoms with E-state index >= 15 is 0 Å². The van der Waals surface area contributed by atoms with Crippen LogP contribution in [0.2, 0.25) is 0 Å². The molecule has 0 spiro atoms. The summed E-state index contributed by atoms with van der Waals surface area (Å²) in [6.45, 7) is 0. The van der Waals surface area contributed by atoms with Gasteiger partial charge in [-0.05, 0) is 12.1 Å². The van der Waals surface area contributed by atoms with Crippen LogP contribution in [0.25, 0.3) is 0 Å². The van der Waals surface area contributed by atoms with Gasteiger partial charge >= 0.3 is 0 Å². The van der Waals surface area contributed by atoms with Crippen LogP contribution in [0.4, 0.5) is 22.7 Å². The normalized spacial score (nSPS) is 9.83. The van der Waals surface area contributed by atoms with Crippen LogP contribution >= 0.6 is 0 Å². The molecular weight excluding hydrogens is 158 g/mol. The van der Waals surface area contributed by atoms with Gasteiger partial charge in [-0.15, -0.1) is 0 Å². The van der Waals surface area contributed by atoms with Gasteiger partial charge in [-0.2, -0.15) is 0 Å². The molecule has 0 saturated carbocycles. The molecule has 0 atom stereocenters. The average molecular weight is 168 g/mol. The van der Waals surface area contributed by atoms with Crippen molar-refractivity contribution >= 4 is 22.7 Å². The van der Waals surface area contributed by atoms with Crippen molar-refractivity contribution in [3.8, 4) is 0 Å². The van der Waals surface area contributed by atoms with Gasteiger partial charge in [0.1, 0.15) is 0 Å². The summed E-state index contributed by atoms with van der Waals surface area (Å²) < 4.78 is 0. The second-order valence-corrected chi connectivity index (χ2v) is 2.37. The molecular formula is C6H10N5O-. The van der Waals surface area contributed by atoms with Gasteiger partial charge in [-0.3, -0.25) is 5.84 Å². The molecule has 0 unspecified atom stereocenters. The third-order valence-corrected chi connectivity index (χ3v) is 1.41. The number of benzene rings is 1. The molecule has 0 aromatic heterocycles. The maximum absolute atomic E-state index is 10.7. The molecule has 0 saturated heterocycles. The maximum atomic E-state index is 10.7. The third kappa shape index (κ3) is 1.34. The van der Waals surface area contributed by atoms with Crippen LogP contribution < -0.4 is 28.2 Å². The molecule has 0 fully saturated rings. The van der Waals surface area contributed by atoms with E-state index in [1.807, 2.05) is 0 Å².